The number of benzene rings is 1. The summed E-state index contributed by atoms with van der Waals surface area (Å²) in [7, 11) is 0. The van der Waals surface area contributed by atoms with Crippen LogP contribution < -0.4 is 10.6 Å². The number of fused-ring (bicyclic) bond motifs is 2. The maximum absolute atomic E-state index is 13.7. The van der Waals surface area contributed by atoms with E-state index in [1.54, 1.807) is 6.20 Å². The molecule has 9 heteroatoms. The molecule has 2 atom stereocenters. The van der Waals surface area contributed by atoms with Crippen molar-refractivity contribution in [2.24, 2.45) is 5.73 Å². The maximum atomic E-state index is 13.7. The second-order valence-corrected chi connectivity index (χ2v) is 9.40. The summed E-state index contributed by atoms with van der Waals surface area (Å²) < 4.78 is 1.84. The second-order valence-electron chi connectivity index (χ2n) is 9.40. The van der Waals surface area contributed by atoms with Crippen LogP contribution in [-0.4, -0.2) is 61.3 Å². The van der Waals surface area contributed by atoms with Crippen LogP contribution in [0.3, 0.4) is 0 Å². The fourth-order valence-corrected chi connectivity index (χ4v) is 5.30. The van der Waals surface area contributed by atoms with Crippen molar-refractivity contribution in [3.63, 3.8) is 0 Å². The van der Waals surface area contributed by atoms with E-state index in [9.17, 15) is 4.79 Å². The van der Waals surface area contributed by atoms with Crippen LogP contribution in [0.15, 0.2) is 42.7 Å². The summed E-state index contributed by atoms with van der Waals surface area (Å²) in [4.78, 5) is 22.8. The van der Waals surface area contributed by atoms with Gasteiger partial charge in [0, 0.05) is 48.9 Å². The topological polar surface area (TPSA) is 106 Å². The molecule has 5 heterocycles. The number of anilines is 1. The molecule has 1 aromatic carbocycles. The molecule has 9 nitrogen and oxygen atoms in total. The number of nitrogens with two attached hydrogens (primary N) is 1. The van der Waals surface area contributed by atoms with Crippen molar-refractivity contribution in [2.75, 3.05) is 24.5 Å². The van der Waals surface area contributed by atoms with Gasteiger partial charge in [0.2, 0.25) is 0 Å². The largest absolute Gasteiger partial charge is 0.355 e. The molecule has 174 valence electrons. The highest BCUT2D eigenvalue weighted by Gasteiger charge is 2.32. The molecule has 0 bridgehead atoms. The van der Waals surface area contributed by atoms with Crippen LogP contribution in [0.25, 0.3) is 16.6 Å². The summed E-state index contributed by atoms with van der Waals surface area (Å²) in [5.74, 6) is 0.946. The quantitative estimate of drug-likeness (QED) is 0.505. The Morgan fingerprint density at radius 2 is 2.03 bits per heavy atom. The summed E-state index contributed by atoms with van der Waals surface area (Å²) in [6, 6.07) is 9.77. The Labute approximate surface area is 197 Å². The number of hydrogen-bond acceptors (Lipinski definition) is 7. The van der Waals surface area contributed by atoms with Gasteiger partial charge in [0.15, 0.2) is 5.65 Å². The van der Waals surface area contributed by atoms with Crippen LogP contribution in [0.5, 0.6) is 0 Å². The third-order valence-electron chi connectivity index (χ3n) is 7.03. The van der Waals surface area contributed by atoms with E-state index in [0.29, 0.717) is 12.1 Å². The van der Waals surface area contributed by atoms with Crippen molar-refractivity contribution in [3.8, 4) is 0 Å². The highest BCUT2D eigenvalue weighted by Crippen LogP contribution is 2.33. The Hall–Kier alpha value is -3.59. The zero-order valence-electron chi connectivity index (χ0n) is 19.3. The molecule has 2 N–H and O–H groups in total. The number of hydrogen-bond donors (Lipinski definition) is 1. The van der Waals surface area contributed by atoms with Crippen molar-refractivity contribution < 1.29 is 4.79 Å². The molecule has 6 rings (SSSR count). The summed E-state index contributed by atoms with van der Waals surface area (Å²) in [5, 5.41) is 13.9. The molecule has 0 aliphatic carbocycles. The average molecular weight is 457 g/mol. The van der Waals surface area contributed by atoms with Gasteiger partial charge in [-0.05, 0) is 38.7 Å². The zero-order valence-corrected chi connectivity index (χ0v) is 19.3. The van der Waals surface area contributed by atoms with Crippen LogP contribution >= 0.6 is 0 Å². The van der Waals surface area contributed by atoms with Gasteiger partial charge >= 0.3 is 0 Å². The van der Waals surface area contributed by atoms with Crippen molar-refractivity contribution >= 4 is 28.3 Å². The highest BCUT2D eigenvalue weighted by molar-refractivity contribution is 6.05. The Morgan fingerprint density at radius 1 is 1.15 bits per heavy atom. The number of carbonyl (C=O) groups is 1. The molecule has 3 aromatic heterocycles. The molecule has 2 saturated heterocycles. The lowest BCUT2D eigenvalue weighted by molar-refractivity contribution is 0.0607. The fraction of sp³-hybridized carbons (Fsp3) is 0.400. The number of piperidine rings is 1. The van der Waals surface area contributed by atoms with Gasteiger partial charge in [-0.3, -0.25) is 4.79 Å². The number of aromatic nitrogens is 5. The molecule has 0 saturated carbocycles. The molecule has 0 radical (unpaired) electrons. The SMILES string of the molecule is Cc1cn2nc([C@@H]3CCCCN3C(=O)c3cnnc4ccccc34)cc2nc1N1CC[C@H](N)C1. The second kappa shape index (κ2) is 8.32. The fourth-order valence-electron chi connectivity index (χ4n) is 5.30. The van der Waals surface area contributed by atoms with Gasteiger partial charge in [-0.1, -0.05) is 18.2 Å². The summed E-state index contributed by atoms with van der Waals surface area (Å²) >= 11 is 0. The first-order chi connectivity index (χ1) is 16.6. The first-order valence-corrected chi connectivity index (χ1v) is 12.0. The third-order valence-corrected chi connectivity index (χ3v) is 7.03. The number of rotatable bonds is 3. The molecule has 0 unspecified atom stereocenters. The van der Waals surface area contributed by atoms with Crippen molar-refractivity contribution in [1.29, 1.82) is 0 Å². The van der Waals surface area contributed by atoms with E-state index in [0.717, 1.165) is 72.4 Å². The van der Waals surface area contributed by atoms with E-state index < -0.39 is 0 Å². The molecule has 0 spiro atoms. The number of nitrogens with zero attached hydrogens (tertiary/aromatic N) is 7. The molecule has 1 amide bonds. The highest BCUT2D eigenvalue weighted by atomic mass is 16.2. The lowest BCUT2D eigenvalue weighted by Crippen LogP contribution is -2.38. The first-order valence-electron chi connectivity index (χ1n) is 12.0. The van der Waals surface area contributed by atoms with Crippen LogP contribution in [0.4, 0.5) is 5.82 Å². The molecule has 2 aliphatic heterocycles. The summed E-state index contributed by atoms with van der Waals surface area (Å²) in [5.41, 5.74) is 10.2. The van der Waals surface area contributed by atoms with Gasteiger partial charge in [-0.25, -0.2) is 9.50 Å². The van der Waals surface area contributed by atoms with Crippen molar-refractivity contribution in [1.82, 2.24) is 29.7 Å². The minimum Gasteiger partial charge on any atom is -0.355 e. The predicted molar refractivity (Wildman–Crippen MR) is 130 cm³/mol. The number of carbonyl (C=O) groups excluding carboxylic acids is 1. The molecule has 2 fully saturated rings. The minimum atomic E-state index is -0.0983. The Balaban J connectivity index is 1.35. The zero-order chi connectivity index (χ0) is 23.2. The normalized spacial score (nSPS) is 21.0. The maximum Gasteiger partial charge on any atom is 0.256 e. The van der Waals surface area contributed by atoms with E-state index in [1.807, 2.05) is 45.9 Å². The van der Waals surface area contributed by atoms with Crippen molar-refractivity contribution in [3.05, 3.63) is 59.5 Å². The van der Waals surface area contributed by atoms with E-state index in [4.69, 9.17) is 15.8 Å². The molecule has 2 aliphatic rings. The van der Waals surface area contributed by atoms with E-state index >= 15 is 0 Å². The first kappa shape index (κ1) is 21.0. The Morgan fingerprint density at radius 3 is 2.88 bits per heavy atom. The van der Waals surface area contributed by atoms with Crippen LogP contribution in [0, 0.1) is 6.92 Å². The van der Waals surface area contributed by atoms with E-state index in [2.05, 4.69) is 22.0 Å². The van der Waals surface area contributed by atoms with E-state index in [-0.39, 0.29) is 18.0 Å². The molecule has 34 heavy (non-hydrogen) atoms. The smallest absolute Gasteiger partial charge is 0.256 e. The van der Waals surface area contributed by atoms with Gasteiger partial charge in [-0.15, -0.1) is 0 Å². The molecular formula is C25H28N8O. The standard InChI is InChI=1S/C25H28N8O/c1-16-14-33-23(28-24(16)31-11-9-17(26)15-31)12-21(30-33)22-8-4-5-10-32(22)25(34)19-13-27-29-20-7-3-2-6-18(19)20/h2-3,6-7,12-14,17,22H,4-5,8-11,15,26H2,1H3/t17-,22-/m0/s1. The number of amides is 1. The Bertz CT molecular complexity index is 1380. The van der Waals surface area contributed by atoms with E-state index in [1.165, 1.54) is 0 Å². The molecular weight excluding hydrogens is 428 g/mol. The predicted octanol–water partition coefficient (Wildman–Crippen LogP) is 2.89. The third kappa shape index (κ3) is 3.56. The lowest BCUT2D eigenvalue weighted by atomic mass is 9.98. The van der Waals surface area contributed by atoms with Crippen LogP contribution in [0.2, 0.25) is 0 Å². The average Bonchev–Trinajstić information content (AvgIpc) is 3.48. The summed E-state index contributed by atoms with van der Waals surface area (Å²) in [6.45, 7) is 4.50. The number of likely N-dealkylation sites (tertiary alicyclic amines) is 1. The van der Waals surface area contributed by atoms with Gasteiger partial charge in [0.05, 0.1) is 29.0 Å². The Kier molecular flexibility index (Phi) is 5.13. The van der Waals surface area contributed by atoms with Gasteiger partial charge < -0.3 is 15.5 Å². The summed E-state index contributed by atoms with van der Waals surface area (Å²) in [6.07, 6.45) is 7.50. The van der Waals surface area contributed by atoms with Crippen LogP contribution in [0.1, 0.15) is 53.3 Å². The van der Waals surface area contributed by atoms with Crippen LogP contribution in [-0.2, 0) is 0 Å². The van der Waals surface area contributed by atoms with Gasteiger partial charge in [-0.2, -0.15) is 15.3 Å². The van der Waals surface area contributed by atoms with Gasteiger partial charge in [0.25, 0.3) is 5.91 Å². The van der Waals surface area contributed by atoms with Crippen molar-refractivity contribution in [2.45, 2.75) is 44.7 Å². The molecule has 4 aromatic rings. The monoisotopic (exact) mass is 456 g/mol. The van der Waals surface area contributed by atoms with Gasteiger partial charge in [0.1, 0.15) is 5.82 Å². The lowest BCUT2D eigenvalue weighted by Gasteiger charge is -2.34. The number of aryl methyl sites for hydroxylation is 1. The minimum absolute atomic E-state index is 0.0243.